The SMILES string of the molecule is NC(N)=NCCCNCc1ccc(-n2cc3cc([S-])[nH]c3nc2=O)cc1. The zero-order chi connectivity index (χ0) is 18.5. The standard InChI is InChI=1S/C17H21N7OS/c18-16(19)21-7-1-6-20-9-11-2-4-13(5-3-11)24-10-12-8-14(26)22-15(12)23-17(24)25/h2-5,8,10,20,26H,1,6-7,9H2,(H4,18,19,21)(H,22,23,25)/p-1. The molecule has 0 saturated carbocycles. The van der Waals surface area contributed by atoms with Crippen molar-refractivity contribution in [2.45, 2.75) is 18.0 Å². The summed E-state index contributed by atoms with van der Waals surface area (Å²) in [6, 6.07) is 9.53. The molecule has 0 bridgehead atoms. The van der Waals surface area contributed by atoms with Crippen molar-refractivity contribution in [1.29, 1.82) is 0 Å². The Morgan fingerprint density at radius 1 is 1.31 bits per heavy atom. The number of hydrogen-bond acceptors (Lipinski definition) is 5. The lowest BCUT2D eigenvalue weighted by Crippen LogP contribution is -2.23. The van der Waals surface area contributed by atoms with E-state index in [9.17, 15) is 4.79 Å². The zero-order valence-corrected chi connectivity index (χ0v) is 14.9. The monoisotopic (exact) mass is 370 g/mol. The number of aromatic amines is 1. The summed E-state index contributed by atoms with van der Waals surface area (Å²) in [6.07, 6.45) is 2.60. The van der Waals surface area contributed by atoms with Crippen molar-refractivity contribution >= 4 is 29.6 Å². The van der Waals surface area contributed by atoms with E-state index in [0.29, 0.717) is 17.2 Å². The van der Waals surface area contributed by atoms with Gasteiger partial charge < -0.3 is 34.4 Å². The maximum atomic E-state index is 12.2. The Balaban J connectivity index is 1.63. The minimum absolute atomic E-state index is 0.118. The van der Waals surface area contributed by atoms with E-state index >= 15 is 0 Å². The van der Waals surface area contributed by atoms with E-state index in [0.717, 1.165) is 36.1 Å². The van der Waals surface area contributed by atoms with Crippen LogP contribution >= 0.6 is 0 Å². The van der Waals surface area contributed by atoms with Gasteiger partial charge in [0.2, 0.25) is 0 Å². The third kappa shape index (κ3) is 4.38. The van der Waals surface area contributed by atoms with Gasteiger partial charge in [0.15, 0.2) is 5.96 Å². The summed E-state index contributed by atoms with van der Waals surface area (Å²) in [5.74, 6) is 0.118. The van der Waals surface area contributed by atoms with Gasteiger partial charge in [-0.05, 0) is 30.7 Å². The van der Waals surface area contributed by atoms with E-state index < -0.39 is 0 Å². The highest BCUT2D eigenvalue weighted by Gasteiger charge is 2.05. The van der Waals surface area contributed by atoms with Gasteiger partial charge in [0.05, 0.1) is 5.69 Å². The first-order valence-electron chi connectivity index (χ1n) is 8.18. The van der Waals surface area contributed by atoms with Gasteiger partial charge in [0.1, 0.15) is 5.65 Å². The van der Waals surface area contributed by atoms with Crippen molar-refractivity contribution in [3.05, 3.63) is 52.6 Å². The van der Waals surface area contributed by atoms with E-state index in [2.05, 4.69) is 20.3 Å². The van der Waals surface area contributed by atoms with Gasteiger partial charge in [-0.1, -0.05) is 18.2 Å². The van der Waals surface area contributed by atoms with Gasteiger partial charge >= 0.3 is 5.69 Å². The molecule has 0 aliphatic carbocycles. The Morgan fingerprint density at radius 2 is 2.08 bits per heavy atom. The predicted octanol–water partition coefficient (Wildman–Crippen LogP) is 0.373. The molecule has 0 amide bonds. The largest absolute Gasteiger partial charge is 0.762 e. The summed E-state index contributed by atoms with van der Waals surface area (Å²) in [5, 5.41) is 4.69. The van der Waals surface area contributed by atoms with E-state index in [4.69, 9.17) is 24.1 Å². The van der Waals surface area contributed by atoms with Gasteiger partial charge in [0, 0.05) is 24.7 Å². The Bertz CT molecular complexity index is 971. The predicted molar refractivity (Wildman–Crippen MR) is 104 cm³/mol. The lowest BCUT2D eigenvalue weighted by molar-refractivity contribution is 0.655. The Hall–Kier alpha value is -2.91. The molecular formula is C17H20N7OS-. The van der Waals surface area contributed by atoms with Gasteiger partial charge in [0.25, 0.3) is 0 Å². The molecule has 0 saturated heterocycles. The second kappa shape index (κ2) is 7.98. The number of aromatic nitrogens is 3. The minimum atomic E-state index is -0.347. The third-order valence-corrected chi connectivity index (χ3v) is 4.05. The summed E-state index contributed by atoms with van der Waals surface area (Å²) in [4.78, 5) is 23.1. The third-order valence-electron chi connectivity index (χ3n) is 3.83. The van der Waals surface area contributed by atoms with Crippen molar-refractivity contribution in [3.63, 3.8) is 0 Å². The molecule has 8 nitrogen and oxygen atoms in total. The molecule has 0 atom stereocenters. The molecule has 0 fully saturated rings. The average Bonchev–Trinajstić information content (AvgIpc) is 2.96. The maximum absolute atomic E-state index is 12.2. The van der Waals surface area contributed by atoms with E-state index in [1.807, 2.05) is 24.3 Å². The number of guanidine groups is 1. The second-order valence-corrected chi connectivity index (χ2v) is 6.27. The molecule has 1 aromatic carbocycles. The molecule has 0 aliphatic heterocycles. The number of benzene rings is 1. The molecule has 9 heteroatoms. The van der Waals surface area contributed by atoms with Crippen LogP contribution in [-0.4, -0.2) is 33.6 Å². The molecule has 0 radical (unpaired) electrons. The lowest BCUT2D eigenvalue weighted by atomic mass is 10.2. The van der Waals surface area contributed by atoms with E-state index in [1.165, 1.54) is 4.57 Å². The van der Waals surface area contributed by atoms with Crippen molar-refractivity contribution in [3.8, 4) is 5.69 Å². The first kappa shape index (κ1) is 17.9. The lowest BCUT2D eigenvalue weighted by Gasteiger charge is -2.08. The molecular weight excluding hydrogens is 350 g/mol. The van der Waals surface area contributed by atoms with Gasteiger partial charge in [-0.3, -0.25) is 9.56 Å². The van der Waals surface area contributed by atoms with Crippen LogP contribution in [0.3, 0.4) is 0 Å². The Morgan fingerprint density at radius 3 is 2.81 bits per heavy atom. The highest BCUT2D eigenvalue weighted by Crippen LogP contribution is 2.14. The van der Waals surface area contributed by atoms with Crippen molar-refractivity contribution in [1.82, 2.24) is 19.9 Å². The first-order chi connectivity index (χ1) is 12.5. The van der Waals surface area contributed by atoms with Crippen LogP contribution in [0.4, 0.5) is 0 Å². The average molecular weight is 370 g/mol. The number of nitrogens with two attached hydrogens (primary N) is 2. The molecule has 6 N–H and O–H groups in total. The molecule has 26 heavy (non-hydrogen) atoms. The number of nitrogens with one attached hydrogen (secondary N) is 2. The molecule has 136 valence electrons. The fraction of sp³-hybridized carbons (Fsp3) is 0.235. The van der Waals surface area contributed by atoms with E-state index in [1.54, 1.807) is 12.3 Å². The van der Waals surface area contributed by atoms with Crippen LogP contribution in [-0.2, 0) is 19.2 Å². The van der Waals surface area contributed by atoms with Crippen LogP contribution in [0.15, 0.2) is 51.3 Å². The van der Waals surface area contributed by atoms with Crippen LogP contribution in [0, 0.1) is 0 Å². The molecule has 2 heterocycles. The highest BCUT2D eigenvalue weighted by atomic mass is 32.1. The molecule has 0 aliphatic rings. The summed E-state index contributed by atoms with van der Waals surface area (Å²) in [6.45, 7) is 2.15. The fourth-order valence-corrected chi connectivity index (χ4v) is 2.80. The Kier molecular flexibility index (Phi) is 5.49. The molecule has 3 rings (SSSR count). The zero-order valence-electron chi connectivity index (χ0n) is 14.1. The van der Waals surface area contributed by atoms with Crippen LogP contribution in [0.1, 0.15) is 12.0 Å². The minimum Gasteiger partial charge on any atom is -0.762 e. The van der Waals surface area contributed by atoms with Crippen molar-refractivity contribution < 1.29 is 0 Å². The highest BCUT2D eigenvalue weighted by molar-refractivity contribution is 7.58. The molecule has 2 aromatic heterocycles. The number of fused-ring (bicyclic) bond motifs is 1. The number of nitrogens with zero attached hydrogens (tertiary/aromatic N) is 3. The number of H-pyrrole nitrogens is 1. The summed E-state index contributed by atoms with van der Waals surface area (Å²) < 4.78 is 1.51. The number of hydrogen-bond donors (Lipinski definition) is 4. The van der Waals surface area contributed by atoms with Gasteiger partial charge in [-0.15, -0.1) is 5.03 Å². The normalized spacial score (nSPS) is 10.9. The number of aliphatic imine (C=N–C) groups is 1. The Labute approximate surface area is 155 Å². The second-order valence-electron chi connectivity index (χ2n) is 5.83. The first-order valence-corrected chi connectivity index (χ1v) is 8.58. The van der Waals surface area contributed by atoms with Crippen molar-refractivity contribution in [2.24, 2.45) is 16.5 Å². The smallest absolute Gasteiger partial charge is 0.354 e. The van der Waals surface area contributed by atoms with Gasteiger partial charge in [-0.25, -0.2) is 4.79 Å². The van der Waals surface area contributed by atoms with E-state index in [-0.39, 0.29) is 11.6 Å². The quantitative estimate of drug-likeness (QED) is 0.206. The summed E-state index contributed by atoms with van der Waals surface area (Å²) in [5.41, 5.74) is 12.6. The fourth-order valence-electron chi connectivity index (χ4n) is 2.57. The summed E-state index contributed by atoms with van der Waals surface area (Å²) in [7, 11) is 0. The van der Waals surface area contributed by atoms with Crippen LogP contribution in [0.25, 0.3) is 16.7 Å². The topological polar surface area (TPSA) is 127 Å². The number of rotatable bonds is 7. The van der Waals surface area contributed by atoms with Crippen LogP contribution in [0.2, 0.25) is 0 Å². The van der Waals surface area contributed by atoms with Crippen molar-refractivity contribution in [2.75, 3.05) is 13.1 Å². The van der Waals surface area contributed by atoms with Crippen LogP contribution < -0.4 is 22.5 Å². The maximum Gasteiger partial charge on any atom is 0.354 e. The van der Waals surface area contributed by atoms with Gasteiger partial charge in [-0.2, -0.15) is 4.98 Å². The molecule has 0 unspecified atom stereocenters. The molecule has 3 aromatic rings. The summed E-state index contributed by atoms with van der Waals surface area (Å²) >= 11 is 5.08. The van der Waals surface area contributed by atoms with Crippen LogP contribution in [0.5, 0.6) is 0 Å². The molecule has 0 spiro atoms.